The minimum Gasteiger partial charge on any atom is -0.369 e. The van der Waals surface area contributed by atoms with E-state index < -0.39 is 6.10 Å². The monoisotopic (exact) mass is 314 g/mol. The molecule has 1 amide bonds. The Morgan fingerprint density at radius 1 is 1.24 bits per heavy atom. The number of ether oxygens (including phenoxy) is 1. The topological polar surface area (TPSA) is 64.3 Å². The highest BCUT2D eigenvalue weighted by Crippen LogP contribution is 2.08. The second kappa shape index (κ2) is 10.6. The Morgan fingerprint density at radius 2 is 1.86 bits per heavy atom. The molecule has 0 heterocycles. The van der Waals surface area contributed by atoms with Gasteiger partial charge in [-0.2, -0.15) is 0 Å². The molecule has 0 saturated heterocycles. The first-order chi connectivity index (χ1) is 9.50. The second-order valence-corrected chi connectivity index (χ2v) is 5.46. The normalized spacial score (nSPS) is 13.4. The second-order valence-electron chi connectivity index (χ2n) is 5.46. The van der Waals surface area contributed by atoms with Crippen molar-refractivity contribution in [1.29, 1.82) is 0 Å². The molecule has 0 bridgehead atoms. The Morgan fingerprint density at radius 3 is 2.43 bits per heavy atom. The van der Waals surface area contributed by atoms with Crippen LogP contribution in [0.2, 0.25) is 0 Å². The van der Waals surface area contributed by atoms with Gasteiger partial charge in [0, 0.05) is 19.2 Å². The van der Waals surface area contributed by atoms with E-state index in [4.69, 9.17) is 10.5 Å². The number of benzene rings is 1. The number of rotatable bonds is 8. The van der Waals surface area contributed by atoms with E-state index in [1.807, 2.05) is 30.3 Å². The standard InChI is InChI=1S/C16H26N2O2.ClH/c1-12(2)9-10-20-13(3)16(19)18-11-15(17)14-7-5-4-6-8-14;/h4-8,12-13,15H,9-11,17H2,1-3H3,(H,18,19);1H. The SMILES string of the molecule is CC(C)CCOC(C)C(=O)NCC(N)c1ccccc1.Cl. The third-order valence-corrected chi connectivity index (χ3v) is 3.16. The highest BCUT2D eigenvalue weighted by molar-refractivity contribution is 5.85. The lowest BCUT2D eigenvalue weighted by atomic mass is 10.1. The van der Waals surface area contributed by atoms with Crippen LogP contribution >= 0.6 is 12.4 Å². The summed E-state index contributed by atoms with van der Waals surface area (Å²) in [7, 11) is 0. The predicted molar refractivity (Wildman–Crippen MR) is 88.5 cm³/mol. The molecule has 120 valence electrons. The summed E-state index contributed by atoms with van der Waals surface area (Å²) in [6, 6.07) is 9.55. The summed E-state index contributed by atoms with van der Waals surface area (Å²) in [5.74, 6) is 0.469. The van der Waals surface area contributed by atoms with E-state index >= 15 is 0 Å². The van der Waals surface area contributed by atoms with Crippen molar-refractivity contribution in [3.05, 3.63) is 35.9 Å². The molecule has 3 N–H and O–H groups in total. The van der Waals surface area contributed by atoms with E-state index in [1.54, 1.807) is 6.92 Å². The third kappa shape index (κ3) is 8.05. The summed E-state index contributed by atoms with van der Waals surface area (Å²) in [5.41, 5.74) is 7.04. The van der Waals surface area contributed by atoms with E-state index in [2.05, 4.69) is 19.2 Å². The van der Waals surface area contributed by atoms with Crippen molar-refractivity contribution >= 4 is 18.3 Å². The maximum absolute atomic E-state index is 11.9. The minimum atomic E-state index is -0.434. The molecule has 0 aromatic heterocycles. The van der Waals surface area contributed by atoms with Crippen LogP contribution in [0.25, 0.3) is 0 Å². The van der Waals surface area contributed by atoms with Gasteiger partial charge in [-0.25, -0.2) is 0 Å². The summed E-state index contributed by atoms with van der Waals surface area (Å²) in [6.45, 7) is 7.06. The molecular weight excluding hydrogens is 288 g/mol. The van der Waals surface area contributed by atoms with Gasteiger partial charge in [0.15, 0.2) is 0 Å². The lowest BCUT2D eigenvalue weighted by molar-refractivity contribution is -0.132. The van der Waals surface area contributed by atoms with Gasteiger partial charge in [0.25, 0.3) is 0 Å². The van der Waals surface area contributed by atoms with Crippen molar-refractivity contribution in [2.45, 2.75) is 39.3 Å². The molecule has 0 aliphatic carbocycles. The number of halogens is 1. The van der Waals surface area contributed by atoms with E-state index in [9.17, 15) is 4.79 Å². The minimum absolute atomic E-state index is 0. The number of hydrogen-bond acceptors (Lipinski definition) is 3. The Hall–Kier alpha value is -1.10. The number of nitrogens with one attached hydrogen (secondary N) is 1. The average Bonchev–Trinajstić information content (AvgIpc) is 2.44. The maximum atomic E-state index is 11.9. The van der Waals surface area contributed by atoms with Crippen molar-refractivity contribution in [2.75, 3.05) is 13.2 Å². The van der Waals surface area contributed by atoms with Crippen molar-refractivity contribution < 1.29 is 9.53 Å². The quantitative estimate of drug-likeness (QED) is 0.775. The molecule has 2 atom stereocenters. The van der Waals surface area contributed by atoms with Gasteiger partial charge in [-0.15, -0.1) is 12.4 Å². The summed E-state index contributed by atoms with van der Waals surface area (Å²) in [6.07, 6.45) is 0.526. The number of carbonyl (C=O) groups is 1. The molecule has 1 aromatic rings. The van der Waals surface area contributed by atoms with Gasteiger partial charge in [0.05, 0.1) is 0 Å². The largest absolute Gasteiger partial charge is 0.369 e. The lowest BCUT2D eigenvalue weighted by Gasteiger charge is -2.17. The molecule has 5 heteroatoms. The van der Waals surface area contributed by atoms with Crippen molar-refractivity contribution in [3.8, 4) is 0 Å². The Bertz CT molecular complexity index is 399. The van der Waals surface area contributed by atoms with Crippen LogP contribution in [0.4, 0.5) is 0 Å². The Labute approximate surface area is 133 Å². The first kappa shape index (κ1) is 19.9. The molecule has 0 saturated carbocycles. The molecular formula is C16H27ClN2O2. The molecule has 1 aromatic carbocycles. The molecule has 21 heavy (non-hydrogen) atoms. The first-order valence-corrected chi connectivity index (χ1v) is 7.20. The molecule has 1 rings (SSSR count). The number of nitrogens with two attached hydrogens (primary N) is 1. The summed E-state index contributed by atoms with van der Waals surface area (Å²) in [5, 5.41) is 2.83. The molecule has 4 nitrogen and oxygen atoms in total. The Balaban J connectivity index is 0.00000400. The molecule has 0 aliphatic rings. The maximum Gasteiger partial charge on any atom is 0.248 e. The fourth-order valence-corrected chi connectivity index (χ4v) is 1.73. The van der Waals surface area contributed by atoms with E-state index in [-0.39, 0.29) is 24.4 Å². The average molecular weight is 315 g/mol. The number of amides is 1. The van der Waals surface area contributed by atoms with Crippen LogP contribution in [0.1, 0.15) is 38.8 Å². The fourth-order valence-electron chi connectivity index (χ4n) is 1.73. The zero-order valence-corrected chi connectivity index (χ0v) is 13.9. The third-order valence-electron chi connectivity index (χ3n) is 3.16. The summed E-state index contributed by atoms with van der Waals surface area (Å²) in [4.78, 5) is 11.9. The molecule has 0 spiro atoms. The van der Waals surface area contributed by atoms with Gasteiger partial charge < -0.3 is 15.8 Å². The van der Waals surface area contributed by atoms with Crippen LogP contribution in [-0.4, -0.2) is 25.2 Å². The van der Waals surface area contributed by atoms with Gasteiger partial charge in [-0.1, -0.05) is 44.2 Å². The van der Waals surface area contributed by atoms with Gasteiger partial charge in [-0.3, -0.25) is 4.79 Å². The van der Waals surface area contributed by atoms with Crippen molar-refractivity contribution in [3.63, 3.8) is 0 Å². The van der Waals surface area contributed by atoms with Crippen LogP contribution in [-0.2, 0) is 9.53 Å². The summed E-state index contributed by atoms with van der Waals surface area (Å²) < 4.78 is 5.50. The smallest absolute Gasteiger partial charge is 0.248 e. The van der Waals surface area contributed by atoms with E-state index in [1.165, 1.54) is 0 Å². The number of hydrogen-bond donors (Lipinski definition) is 2. The Kier molecular flexibility index (Phi) is 10.0. The lowest BCUT2D eigenvalue weighted by Crippen LogP contribution is -2.38. The molecule has 0 radical (unpaired) electrons. The number of carbonyl (C=O) groups excluding carboxylic acids is 1. The molecule has 2 unspecified atom stereocenters. The fraction of sp³-hybridized carbons (Fsp3) is 0.562. The van der Waals surface area contributed by atoms with Gasteiger partial charge >= 0.3 is 0 Å². The van der Waals surface area contributed by atoms with E-state index in [0.717, 1.165) is 12.0 Å². The van der Waals surface area contributed by atoms with Crippen LogP contribution in [0.5, 0.6) is 0 Å². The highest BCUT2D eigenvalue weighted by atomic mass is 35.5. The zero-order valence-electron chi connectivity index (χ0n) is 13.0. The van der Waals surface area contributed by atoms with E-state index in [0.29, 0.717) is 19.1 Å². The van der Waals surface area contributed by atoms with Crippen molar-refractivity contribution in [2.24, 2.45) is 11.7 Å². The van der Waals surface area contributed by atoms with Crippen LogP contribution in [0.3, 0.4) is 0 Å². The molecule has 0 aliphatic heterocycles. The highest BCUT2D eigenvalue weighted by Gasteiger charge is 2.14. The zero-order chi connectivity index (χ0) is 15.0. The van der Waals surface area contributed by atoms with Crippen LogP contribution in [0.15, 0.2) is 30.3 Å². The van der Waals surface area contributed by atoms with Gasteiger partial charge in [0.2, 0.25) is 5.91 Å². The van der Waals surface area contributed by atoms with Crippen LogP contribution in [0, 0.1) is 5.92 Å². The van der Waals surface area contributed by atoms with Gasteiger partial charge in [-0.05, 0) is 24.8 Å². The van der Waals surface area contributed by atoms with Gasteiger partial charge in [0.1, 0.15) is 6.10 Å². The molecule has 0 fully saturated rings. The first-order valence-electron chi connectivity index (χ1n) is 7.20. The van der Waals surface area contributed by atoms with Crippen molar-refractivity contribution in [1.82, 2.24) is 5.32 Å². The summed E-state index contributed by atoms with van der Waals surface area (Å²) >= 11 is 0. The predicted octanol–water partition coefficient (Wildman–Crippen LogP) is 2.68. The van der Waals surface area contributed by atoms with Crippen LogP contribution < -0.4 is 11.1 Å².